The fraction of sp³-hybridized carbons (Fsp3) is 0.381. The van der Waals surface area contributed by atoms with Gasteiger partial charge in [0.15, 0.2) is 0 Å². The van der Waals surface area contributed by atoms with Gasteiger partial charge in [-0.1, -0.05) is 18.2 Å². The van der Waals surface area contributed by atoms with E-state index in [-0.39, 0.29) is 12.0 Å². The number of nitrogens with zero attached hydrogens (tertiary/aromatic N) is 4. The zero-order chi connectivity index (χ0) is 18.5. The van der Waals surface area contributed by atoms with Crippen LogP contribution in [0, 0.1) is 0 Å². The number of carbonyl (C=O) groups is 1. The summed E-state index contributed by atoms with van der Waals surface area (Å²) in [5.41, 5.74) is 2.91. The van der Waals surface area contributed by atoms with E-state index in [1.165, 1.54) is 0 Å². The Morgan fingerprint density at radius 1 is 1.19 bits per heavy atom. The summed E-state index contributed by atoms with van der Waals surface area (Å²) in [5.74, 6) is 0.119. The van der Waals surface area contributed by atoms with Crippen LogP contribution in [-0.4, -0.2) is 44.6 Å². The smallest absolute Gasteiger partial charge is 0.224 e. The third-order valence-corrected chi connectivity index (χ3v) is 4.97. The number of amides is 1. The van der Waals surface area contributed by atoms with Crippen LogP contribution >= 0.6 is 0 Å². The first-order valence-electron chi connectivity index (χ1n) is 9.49. The van der Waals surface area contributed by atoms with Crippen LogP contribution in [0.15, 0.2) is 55.0 Å². The van der Waals surface area contributed by atoms with Crippen molar-refractivity contribution in [2.75, 3.05) is 13.2 Å². The van der Waals surface area contributed by atoms with Gasteiger partial charge in [0.05, 0.1) is 35.7 Å². The minimum absolute atomic E-state index is 0.119. The number of hydrogen-bond acceptors (Lipinski definition) is 4. The van der Waals surface area contributed by atoms with Crippen molar-refractivity contribution in [3.05, 3.63) is 60.7 Å². The molecule has 3 aromatic rings. The van der Waals surface area contributed by atoms with E-state index in [2.05, 4.69) is 9.97 Å². The molecule has 0 radical (unpaired) electrons. The lowest BCUT2D eigenvalue weighted by Gasteiger charge is -2.25. The normalized spacial score (nSPS) is 16.7. The summed E-state index contributed by atoms with van der Waals surface area (Å²) in [6, 6.07) is 13.8. The van der Waals surface area contributed by atoms with Crippen molar-refractivity contribution < 1.29 is 9.53 Å². The minimum Gasteiger partial charge on any atom is -0.376 e. The Kier molecular flexibility index (Phi) is 5.44. The monoisotopic (exact) mass is 364 g/mol. The predicted octanol–water partition coefficient (Wildman–Crippen LogP) is 3.03. The summed E-state index contributed by atoms with van der Waals surface area (Å²) in [6.07, 6.45) is 6.21. The van der Waals surface area contributed by atoms with Gasteiger partial charge in [-0.05, 0) is 37.1 Å². The van der Waals surface area contributed by atoms with Gasteiger partial charge in [0.1, 0.15) is 0 Å². The number of imidazole rings is 1. The highest BCUT2D eigenvalue weighted by Gasteiger charge is 2.23. The molecule has 0 saturated carbocycles. The Hall–Kier alpha value is -2.73. The number of pyridine rings is 1. The number of aromatic nitrogens is 3. The second-order valence-corrected chi connectivity index (χ2v) is 6.91. The molecular formula is C21H24N4O2. The van der Waals surface area contributed by atoms with Crippen molar-refractivity contribution >= 4 is 16.9 Å². The number of carbonyl (C=O) groups excluding carboxylic acids is 1. The lowest BCUT2D eigenvalue weighted by atomic mass is 10.2. The summed E-state index contributed by atoms with van der Waals surface area (Å²) < 4.78 is 7.79. The Morgan fingerprint density at radius 3 is 2.89 bits per heavy atom. The highest BCUT2D eigenvalue weighted by atomic mass is 16.5. The Balaban J connectivity index is 1.44. The molecule has 140 valence electrons. The largest absolute Gasteiger partial charge is 0.376 e. The minimum atomic E-state index is 0.119. The van der Waals surface area contributed by atoms with E-state index < -0.39 is 0 Å². The number of ether oxygens (including phenoxy) is 1. The first-order valence-corrected chi connectivity index (χ1v) is 9.49. The molecule has 0 spiro atoms. The van der Waals surface area contributed by atoms with Crippen LogP contribution in [0.25, 0.3) is 11.0 Å². The number of hydrogen-bond donors (Lipinski definition) is 0. The fourth-order valence-electron chi connectivity index (χ4n) is 3.54. The van der Waals surface area contributed by atoms with Crippen LogP contribution in [0.2, 0.25) is 0 Å². The van der Waals surface area contributed by atoms with Crippen LogP contribution in [-0.2, 0) is 22.6 Å². The van der Waals surface area contributed by atoms with Gasteiger partial charge in [0.25, 0.3) is 0 Å². The van der Waals surface area contributed by atoms with Crippen LogP contribution in [0.4, 0.5) is 0 Å². The topological polar surface area (TPSA) is 60.2 Å². The lowest BCUT2D eigenvalue weighted by Crippen LogP contribution is -2.37. The van der Waals surface area contributed by atoms with Crippen LogP contribution in [0.3, 0.4) is 0 Å². The standard InChI is InChI=1S/C21H24N4O2/c26-21(10-12-24-16-23-19-8-1-2-9-20(19)24)25(15-18-7-5-13-27-18)14-17-6-3-4-11-22-17/h1-4,6,8-9,11,16,18H,5,7,10,12-15H2. The number of rotatable bonds is 7. The molecule has 0 bridgehead atoms. The maximum absolute atomic E-state index is 13.0. The van der Waals surface area contributed by atoms with Gasteiger partial charge < -0.3 is 14.2 Å². The molecule has 4 rings (SSSR count). The van der Waals surface area contributed by atoms with E-state index in [9.17, 15) is 4.79 Å². The molecule has 6 nitrogen and oxygen atoms in total. The molecule has 1 saturated heterocycles. The predicted molar refractivity (Wildman–Crippen MR) is 103 cm³/mol. The lowest BCUT2D eigenvalue weighted by molar-refractivity contribution is -0.133. The van der Waals surface area contributed by atoms with E-state index in [1.807, 2.05) is 51.9 Å². The van der Waals surface area contributed by atoms with Gasteiger partial charge in [0, 0.05) is 32.3 Å². The van der Waals surface area contributed by atoms with Gasteiger partial charge >= 0.3 is 0 Å². The number of fused-ring (bicyclic) bond motifs is 1. The van der Waals surface area contributed by atoms with Crippen LogP contribution in [0.5, 0.6) is 0 Å². The van der Waals surface area contributed by atoms with Crippen molar-refractivity contribution in [2.24, 2.45) is 0 Å². The molecule has 1 aromatic carbocycles. The summed E-state index contributed by atoms with van der Waals surface area (Å²) >= 11 is 0. The third kappa shape index (κ3) is 4.34. The maximum atomic E-state index is 13.0. The Bertz CT molecular complexity index is 887. The summed E-state index contributed by atoms with van der Waals surface area (Å²) in [5, 5.41) is 0. The molecule has 0 N–H and O–H groups in total. The Labute approximate surface area is 158 Å². The van der Waals surface area contributed by atoms with Crippen LogP contribution in [0.1, 0.15) is 25.0 Å². The van der Waals surface area contributed by atoms with Gasteiger partial charge in [-0.3, -0.25) is 9.78 Å². The van der Waals surface area contributed by atoms with Gasteiger partial charge in [-0.2, -0.15) is 0 Å². The summed E-state index contributed by atoms with van der Waals surface area (Å²) in [7, 11) is 0. The second kappa shape index (κ2) is 8.31. The summed E-state index contributed by atoms with van der Waals surface area (Å²) in [6.45, 7) is 2.55. The molecule has 1 atom stereocenters. The van der Waals surface area contributed by atoms with Crippen molar-refractivity contribution in [3.63, 3.8) is 0 Å². The van der Waals surface area contributed by atoms with Crippen molar-refractivity contribution in [1.82, 2.24) is 19.4 Å². The van der Waals surface area contributed by atoms with Crippen LogP contribution < -0.4 is 0 Å². The maximum Gasteiger partial charge on any atom is 0.224 e. The van der Waals surface area contributed by atoms with E-state index >= 15 is 0 Å². The van der Waals surface area contributed by atoms with Crippen molar-refractivity contribution in [2.45, 2.75) is 38.5 Å². The van der Waals surface area contributed by atoms with E-state index in [1.54, 1.807) is 12.5 Å². The first-order chi connectivity index (χ1) is 13.3. The SMILES string of the molecule is O=C(CCn1cnc2ccccc21)N(Cc1ccccn1)CC1CCCO1. The average molecular weight is 364 g/mol. The molecule has 3 heterocycles. The highest BCUT2D eigenvalue weighted by Crippen LogP contribution is 2.17. The van der Waals surface area contributed by atoms with E-state index in [0.717, 1.165) is 36.2 Å². The second-order valence-electron chi connectivity index (χ2n) is 6.91. The molecule has 0 aliphatic carbocycles. The van der Waals surface area contributed by atoms with Crippen molar-refractivity contribution in [1.29, 1.82) is 0 Å². The van der Waals surface area contributed by atoms with Crippen molar-refractivity contribution in [3.8, 4) is 0 Å². The number of aryl methyl sites for hydroxylation is 1. The fourth-order valence-corrected chi connectivity index (χ4v) is 3.54. The number of para-hydroxylation sites is 2. The summed E-state index contributed by atoms with van der Waals surface area (Å²) in [4.78, 5) is 23.6. The van der Waals surface area contributed by atoms with Gasteiger partial charge in [-0.25, -0.2) is 4.98 Å². The zero-order valence-corrected chi connectivity index (χ0v) is 15.3. The quantitative estimate of drug-likeness (QED) is 0.647. The molecule has 6 heteroatoms. The Morgan fingerprint density at radius 2 is 2.07 bits per heavy atom. The van der Waals surface area contributed by atoms with E-state index in [4.69, 9.17) is 4.74 Å². The zero-order valence-electron chi connectivity index (χ0n) is 15.3. The average Bonchev–Trinajstić information content (AvgIpc) is 3.36. The molecule has 1 aliphatic rings. The molecule has 1 fully saturated rings. The molecule has 1 aliphatic heterocycles. The molecule has 1 unspecified atom stereocenters. The molecule has 2 aromatic heterocycles. The van der Waals surface area contributed by atoms with Gasteiger partial charge in [-0.15, -0.1) is 0 Å². The number of benzene rings is 1. The molecule has 27 heavy (non-hydrogen) atoms. The first kappa shape index (κ1) is 17.7. The third-order valence-electron chi connectivity index (χ3n) is 4.97. The van der Waals surface area contributed by atoms with E-state index in [0.29, 0.717) is 26.1 Å². The van der Waals surface area contributed by atoms with Gasteiger partial charge in [0.2, 0.25) is 5.91 Å². The highest BCUT2D eigenvalue weighted by molar-refractivity contribution is 5.77. The molecular weight excluding hydrogens is 340 g/mol. The molecule has 1 amide bonds.